The van der Waals surface area contributed by atoms with Crippen LogP contribution in [0.25, 0.3) is 11.1 Å². The lowest BCUT2D eigenvalue weighted by Crippen LogP contribution is -2.50. The molecule has 0 spiro atoms. The second-order valence-corrected chi connectivity index (χ2v) is 7.19. The molecule has 3 aromatic rings. The minimum atomic E-state index is -4.51. The quantitative estimate of drug-likeness (QED) is 0.615. The molecule has 5 nitrogen and oxygen atoms in total. The molecule has 0 N–H and O–H groups in total. The van der Waals surface area contributed by atoms with Gasteiger partial charge in [0, 0.05) is 37.3 Å². The number of rotatable bonds is 3. The van der Waals surface area contributed by atoms with Crippen LogP contribution in [0.4, 0.5) is 13.2 Å². The van der Waals surface area contributed by atoms with Crippen LogP contribution < -0.4 is 0 Å². The van der Waals surface area contributed by atoms with Crippen LogP contribution in [0.15, 0.2) is 71.3 Å². The minimum Gasteiger partial charge on any atom is -0.459 e. The summed E-state index contributed by atoms with van der Waals surface area (Å²) in [5.41, 5.74) is 0.663. The average molecular weight is 428 g/mol. The number of furan rings is 1. The first-order chi connectivity index (χ1) is 14.8. The Kier molecular flexibility index (Phi) is 5.54. The Morgan fingerprint density at radius 2 is 1.45 bits per heavy atom. The molecule has 2 heterocycles. The fourth-order valence-corrected chi connectivity index (χ4v) is 3.59. The summed E-state index contributed by atoms with van der Waals surface area (Å²) in [6, 6.07) is 15.5. The van der Waals surface area contributed by atoms with Crippen molar-refractivity contribution >= 4 is 11.8 Å². The van der Waals surface area contributed by atoms with Gasteiger partial charge in [-0.3, -0.25) is 9.59 Å². The zero-order valence-corrected chi connectivity index (χ0v) is 16.4. The topological polar surface area (TPSA) is 53.8 Å². The molecule has 0 radical (unpaired) electrons. The molecule has 1 saturated heterocycles. The predicted octanol–water partition coefficient (Wildman–Crippen LogP) is 4.56. The van der Waals surface area contributed by atoms with Crippen LogP contribution in [-0.2, 0) is 6.18 Å². The van der Waals surface area contributed by atoms with Gasteiger partial charge in [0.15, 0.2) is 5.76 Å². The molecule has 0 aliphatic carbocycles. The van der Waals surface area contributed by atoms with E-state index in [1.165, 1.54) is 23.3 Å². The van der Waals surface area contributed by atoms with Crippen LogP contribution in [0.5, 0.6) is 0 Å². The van der Waals surface area contributed by atoms with Gasteiger partial charge in [-0.2, -0.15) is 13.2 Å². The van der Waals surface area contributed by atoms with Crippen molar-refractivity contribution in [1.82, 2.24) is 9.80 Å². The van der Waals surface area contributed by atoms with Crippen molar-refractivity contribution in [3.63, 3.8) is 0 Å². The Bertz CT molecular complexity index is 1080. The fourth-order valence-electron chi connectivity index (χ4n) is 3.59. The average Bonchev–Trinajstić information content (AvgIpc) is 3.28. The van der Waals surface area contributed by atoms with E-state index in [-0.39, 0.29) is 43.4 Å². The summed E-state index contributed by atoms with van der Waals surface area (Å²) >= 11 is 0. The van der Waals surface area contributed by atoms with Crippen molar-refractivity contribution < 1.29 is 27.2 Å². The third-order valence-corrected chi connectivity index (χ3v) is 5.24. The Labute approximate surface area is 176 Å². The molecule has 1 aromatic heterocycles. The monoisotopic (exact) mass is 428 g/mol. The minimum absolute atomic E-state index is 0.0213. The molecular formula is C23H19F3N2O3. The van der Waals surface area contributed by atoms with Gasteiger partial charge in [0.25, 0.3) is 11.8 Å². The summed E-state index contributed by atoms with van der Waals surface area (Å²) in [5.74, 6) is -0.542. The smallest absolute Gasteiger partial charge is 0.416 e. The highest BCUT2D eigenvalue weighted by molar-refractivity contribution is 5.98. The van der Waals surface area contributed by atoms with Crippen LogP contribution in [0, 0.1) is 0 Å². The van der Waals surface area contributed by atoms with Crippen LogP contribution in [0.1, 0.15) is 26.5 Å². The van der Waals surface area contributed by atoms with E-state index in [0.717, 1.165) is 17.7 Å². The predicted molar refractivity (Wildman–Crippen MR) is 107 cm³/mol. The van der Waals surface area contributed by atoms with Gasteiger partial charge < -0.3 is 14.2 Å². The lowest BCUT2D eigenvalue weighted by atomic mass is 10.1. The van der Waals surface area contributed by atoms with Crippen LogP contribution >= 0.6 is 0 Å². The zero-order chi connectivity index (χ0) is 22.0. The van der Waals surface area contributed by atoms with Gasteiger partial charge >= 0.3 is 6.18 Å². The molecule has 0 unspecified atom stereocenters. The van der Waals surface area contributed by atoms with E-state index in [1.54, 1.807) is 11.0 Å². The summed E-state index contributed by atoms with van der Waals surface area (Å²) in [4.78, 5) is 28.7. The van der Waals surface area contributed by atoms with Crippen molar-refractivity contribution in [2.24, 2.45) is 0 Å². The standard InChI is InChI=1S/C23H19F3N2O3/c24-23(25,26)18-8-4-7-17(15-18)21(29)27-10-12-28(13-11-27)22(30)20-19(9-14-31-20)16-5-2-1-3-6-16/h1-9,14-15H,10-13H2. The van der Waals surface area contributed by atoms with Gasteiger partial charge in [-0.25, -0.2) is 0 Å². The number of benzene rings is 2. The third kappa shape index (κ3) is 4.33. The van der Waals surface area contributed by atoms with Crippen molar-refractivity contribution in [1.29, 1.82) is 0 Å². The number of hydrogen-bond donors (Lipinski definition) is 0. The summed E-state index contributed by atoms with van der Waals surface area (Å²) in [6.07, 6.45) is -3.05. The van der Waals surface area contributed by atoms with E-state index < -0.39 is 17.6 Å². The van der Waals surface area contributed by atoms with Crippen molar-refractivity contribution in [3.8, 4) is 11.1 Å². The van der Waals surface area contributed by atoms with E-state index in [1.807, 2.05) is 30.3 Å². The Morgan fingerprint density at radius 3 is 2.10 bits per heavy atom. The lowest BCUT2D eigenvalue weighted by Gasteiger charge is -2.34. The second kappa shape index (κ2) is 8.29. The maximum absolute atomic E-state index is 13.0. The molecule has 2 aromatic carbocycles. The molecule has 1 fully saturated rings. The summed E-state index contributed by atoms with van der Waals surface area (Å²) in [7, 11) is 0. The highest BCUT2D eigenvalue weighted by Crippen LogP contribution is 2.30. The van der Waals surface area contributed by atoms with Crippen LogP contribution in [0.2, 0.25) is 0 Å². The zero-order valence-electron chi connectivity index (χ0n) is 16.4. The fraction of sp³-hybridized carbons (Fsp3) is 0.217. The number of amides is 2. The molecule has 0 atom stereocenters. The summed E-state index contributed by atoms with van der Waals surface area (Å²) in [6.45, 7) is 0.974. The second-order valence-electron chi connectivity index (χ2n) is 7.19. The largest absolute Gasteiger partial charge is 0.459 e. The SMILES string of the molecule is O=C(c1cccc(C(F)(F)F)c1)N1CCN(C(=O)c2occc2-c2ccccc2)CC1. The molecular weight excluding hydrogens is 409 g/mol. The van der Waals surface area contributed by atoms with Gasteiger partial charge in [-0.15, -0.1) is 0 Å². The van der Waals surface area contributed by atoms with Gasteiger partial charge in [0.05, 0.1) is 11.8 Å². The van der Waals surface area contributed by atoms with E-state index in [4.69, 9.17) is 4.42 Å². The molecule has 160 valence electrons. The molecule has 0 bridgehead atoms. The Balaban J connectivity index is 1.43. The first-order valence-electron chi connectivity index (χ1n) is 9.73. The number of carbonyl (C=O) groups excluding carboxylic acids is 2. The molecule has 2 amide bonds. The number of alkyl halides is 3. The van der Waals surface area contributed by atoms with Crippen molar-refractivity contribution in [2.45, 2.75) is 6.18 Å². The summed E-state index contributed by atoms with van der Waals surface area (Å²) < 4.78 is 44.2. The molecule has 31 heavy (non-hydrogen) atoms. The van der Waals surface area contributed by atoms with Gasteiger partial charge in [0.2, 0.25) is 0 Å². The van der Waals surface area contributed by atoms with Crippen LogP contribution in [-0.4, -0.2) is 47.8 Å². The number of carbonyl (C=O) groups is 2. The number of hydrogen-bond acceptors (Lipinski definition) is 3. The number of piperazine rings is 1. The Morgan fingerprint density at radius 1 is 0.806 bits per heavy atom. The van der Waals surface area contributed by atoms with E-state index in [0.29, 0.717) is 5.56 Å². The molecule has 1 aliphatic rings. The maximum atomic E-state index is 13.0. The molecule has 1 aliphatic heterocycles. The normalized spacial score (nSPS) is 14.5. The first-order valence-corrected chi connectivity index (χ1v) is 9.73. The number of nitrogens with zero attached hydrogens (tertiary/aromatic N) is 2. The summed E-state index contributed by atoms with van der Waals surface area (Å²) in [5, 5.41) is 0. The lowest BCUT2D eigenvalue weighted by molar-refractivity contribution is -0.137. The van der Waals surface area contributed by atoms with Gasteiger partial charge in [-0.1, -0.05) is 36.4 Å². The molecule has 0 saturated carbocycles. The number of halogens is 3. The third-order valence-electron chi connectivity index (χ3n) is 5.24. The van der Waals surface area contributed by atoms with Crippen molar-refractivity contribution in [2.75, 3.05) is 26.2 Å². The first kappa shape index (κ1) is 20.7. The highest BCUT2D eigenvalue weighted by atomic mass is 19.4. The van der Waals surface area contributed by atoms with E-state index in [2.05, 4.69) is 0 Å². The molecule has 8 heteroatoms. The maximum Gasteiger partial charge on any atom is 0.416 e. The van der Waals surface area contributed by atoms with Crippen LogP contribution in [0.3, 0.4) is 0 Å². The van der Waals surface area contributed by atoms with Crippen molar-refractivity contribution in [3.05, 3.63) is 83.8 Å². The highest BCUT2D eigenvalue weighted by Gasteiger charge is 2.32. The van der Waals surface area contributed by atoms with Gasteiger partial charge in [0.1, 0.15) is 0 Å². The Hall–Kier alpha value is -3.55. The van der Waals surface area contributed by atoms with Gasteiger partial charge in [-0.05, 0) is 29.8 Å². The molecule has 4 rings (SSSR count). The van der Waals surface area contributed by atoms with E-state index >= 15 is 0 Å². The van der Waals surface area contributed by atoms with E-state index in [9.17, 15) is 22.8 Å².